The zero-order valence-corrected chi connectivity index (χ0v) is 22.5. The summed E-state index contributed by atoms with van der Waals surface area (Å²) in [6.07, 6.45) is 35.7. The lowest BCUT2D eigenvalue weighted by atomic mass is 9.81. The average molecular weight is 480 g/mol. The number of carboxylic acid groups (broad SMARTS) is 1. The molecule has 0 aromatic rings. The normalized spacial score (nSPS) is 27.0. The van der Waals surface area contributed by atoms with Gasteiger partial charge in [-0.25, -0.2) is 0 Å². The van der Waals surface area contributed by atoms with Crippen molar-refractivity contribution >= 4 is 5.97 Å². The van der Waals surface area contributed by atoms with Gasteiger partial charge in [0.25, 0.3) is 0 Å². The summed E-state index contributed by atoms with van der Waals surface area (Å²) in [5.74, 6) is -0.945. The van der Waals surface area contributed by atoms with Crippen LogP contribution in [0.15, 0.2) is 46.1 Å². The number of rotatable bonds is 4. The lowest BCUT2D eigenvalue weighted by Crippen LogP contribution is -2.28. The highest BCUT2D eigenvalue weighted by Gasteiger charge is 2.21. The van der Waals surface area contributed by atoms with E-state index < -0.39 is 5.97 Å². The van der Waals surface area contributed by atoms with E-state index in [1.165, 1.54) is 120 Å². The summed E-state index contributed by atoms with van der Waals surface area (Å²) >= 11 is 0. The Balaban J connectivity index is 2.10. The van der Waals surface area contributed by atoms with E-state index in [1.54, 1.807) is 0 Å². The maximum absolute atomic E-state index is 13.0. The van der Waals surface area contributed by atoms with Crippen molar-refractivity contribution < 1.29 is 9.90 Å². The monoisotopic (exact) mass is 479 g/mol. The Morgan fingerprint density at radius 3 is 1.17 bits per heavy atom. The number of carbonyl (C=O) groups is 1. The summed E-state index contributed by atoms with van der Waals surface area (Å²) in [7, 11) is 0. The molecular weight excluding hydrogens is 428 g/mol. The van der Waals surface area contributed by atoms with Crippen LogP contribution in [0.4, 0.5) is 0 Å². The third kappa shape index (κ3) is 10.1. The molecule has 0 saturated heterocycles. The Kier molecular flexibility index (Phi) is 13.6. The molecule has 0 spiro atoms. The number of carbonyl (C=O) groups excluding carboxylic acids is 1. The Morgan fingerprint density at radius 2 is 0.771 bits per heavy atom. The minimum atomic E-state index is -0.945. The van der Waals surface area contributed by atoms with Gasteiger partial charge >= 0.3 is 0 Å². The minimum Gasteiger partial charge on any atom is -0.545 e. The predicted molar refractivity (Wildman–Crippen MR) is 147 cm³/mol. The summed E-state index contributed by atoms with van der Waals surface area (Å²) < 4.78 is 0. The lowest BCUT2D eigenvalue weighted by Gasteiger charge is -2.26. The van der Waals surface area contributed by atoms with E-state index in [0.717, 1.165) is 56.1 Å². The highest BCUT2D eigenvalue weighted by molar-refractivity contribution is 5.93. The van der Waals surface area contributed by atoms with E-state index in [0.29, 0.717) is 5.57 Å². The molecule has 0 radical (unpaired) electrons. The lowest BCUT2D eigenvalue weighted by molar-refractivity contribution is -0.299. The summed E-state index contributed by atoms with van der Waals surface area (Å²) in [4.78, 5) is 13.0. The van der Waals surface area contributed by atoms with E-state index >= 15 is 0 Å². The average Bonchev–Trinajstić information content (AvgIpc) is 2.87. The molecule has 0 heterocycles. The zero-order chi connectivity index (χ0) is 24.6. The molecule has 0 aromatic carbocycles. The molecule has 0 fully saturated rings. The Hall–Kier alpha value is -1.57. The maximum atomic E-state index is 13.0. The quantitative estimate of drug-likeness (QED) is 0.377. The van der Waals surface area contributed by atoms with Gasteiger partial charge in [-0.3, -0.25) is 0 Å². The molecule has 0 unspecified atom stereocenters. The molecule has 3 rings (SSSR count). The van der Waals surface area contributed by atoms with Crippen LogP contribution in [0.1, 0.15) is 154 Å². The van der Waals surface area contributed by atoms with Crippen LogP contribution in [0.5, 0.6) is 0 Å². The van der Waals surface area contributed by atoms with Gasteiger partial charge in [0.1, 0.15) is 0 Å². The van der Waals surface area contributed by atoms with Crippen molar-refractivity contribution in [1.29, 1.82) is 0 Å². The van der Waals surface area contributed by atoms with Crippen molar-refractivity contribution in [3.05, 3.63) is 46.1 Å². The molecule has 0 N–H and O–H groups in total. The van der Waals surface area contributed by atoms with Gasteiger partial charge in [0.15, 0.2) is 0 Å². The zero-order valence-electron chi connectivity index (χ0n) is 22.5. The largest absolute Gasteiger partial charge is 0.545 e. The van der Waals surface area contributed by atoms with Crippen molar-refractivity contribution in [3.8, 4) is 0 Å². The summed E-state index contributed by atoms with van der Waals surface area (Å²) in [6, 6.07) is 0. The van der Waals surface area contributed by atoms with Crippen LogP contribution in [0.2, 0.25) is 0 Å². The number of carboxylic acids is 1. The topological polar surface area (TPSA) is 40.1 Å². The van der Waals surface area contributed by atoms with Gasteiger partial charge in [-0.1, -0.05) is 95.3 Å². The molecule has 0 aromatic heterocycles. The van der Waals surface area contributed by atoms with E-state index in [1.807, 2.05) is 0 Å². The standard InChI is InChI=1S/C33H52O2/c34-33(35)32(30-26-20-14-8-3-9-15-21-27-30)31(28-22-16-10-4-1-5-11-17-23-28)29-24-18-12-6-2-7-13-19-25-29/h22,24,26H,1-21,23,25,27H2,(H,34,35)/p-1/b28-22+,29-24+,30-26+. The summed E-state index contributed by atoms with van der Waals surface area (Å²) in [5.41, 5.74) is 5.32. The third-order valence-electron chi connectivity index (χ3n) is 8.29. The van der Waals surface area contributed by atoms with Crippen LogP contribution in [0.25, 0.3) is 0 Å². The smallest absolute Gasteiger partial charge is 0.0724 e. The number of allylic oxidation sites excluding steroid dienone is 6. The van der Waals surface area contributed by atoms with Crippen LogP contribution in [0, 0.1) is 0 Å². The summed E-state index contributed by atoms with van der Waals surface area (Å²) in [5, 5.41) is 13.0. The Morgan fingerprint density at radius 1 is 0.457 bits per heavy atom. The van der Waals surface area contributed by atoms with E-state index in [4.69, 9.17) is 0 Å². The van der Waals surface area contributed by atoms with E-state index in [9.17, 15) is 9.90 Å². The van der Waals surface area contributed by atoms with Crippen molar-refractivity contribution in [2.75, 3.05) is 0 Å². The molecular formula is C33H51O2-. The molecule has 196 valence electrons. The number of hydrogen-bond donors (Lipinski definition) is 0. The molecule has 0 amide bonds. The first-order valence-corrected chi connectivity index (χ1v) is 15.3. The van der Waals surface area contributed by atoms with Crippen LogP contribution >= 0.6 is 0 Å². The first-order valence-electron chi connectivity index (χ1n) is 15.3. The molecule has 3 aliphatic rings. The van der Waals surface area contributed by atoms with Gasteiger partial charge in [-0.15, -0.1) is 0 Å². The Labute approximate surface area is 216 Å². The molecule has 3 aliphatic carbocycles. The molecule has 2 heteroatoms. The van der Waals surface area contributed by atoms with Crippen LogP contribution in [0.3, 0.4) is 0 Å². The van der Waals surface area contributed by atoms with E-state index in [-0.39, 0.29) is 0 Å². The van der Waals surface area contributed by atoms with Crippen molar-refractivity contribution in [2.24, 2.45) is 0 Å². The molecule has 0 saturated carbocycles. The van der Waals surface area contributed by atoms with Crippen LogP contribution < -0.4 is 5.11 Å². The van der Waals surface area contributed by atoms with Gasteiger partial charge in [0, 0.05) is 5.57 Å². The maximum Gasteiger partial charge on any atom is 0.0724 e. The third-order valence-corrected chi connectivity index (χ3v) is 8.29. The molecule has 0 atom stereocenters. The number of aliphatic carboxylic acids is 1. The van der Waals surface area contributed by atoms with Gasteiger partial charge in [0.2, 0.25) is 0 Å². The predicted octanol–water partition coefficient (Wildman–Crippen LogP) is 9.22. The van der Waals surface area contributed by atoms with Crippen molar-refractivity contribution in [1.82, 2.24) is 0 Å². The van der Waals surface area contributed by atoms with Gasteiger partial charge in [0.05, 0.1) is 5.97 Å². The SMILES string of the molecule is O=C([O-])C(=C(C1=C/CCCCCCCC\1)/C1=C/CCCCCCCC1)/C1=C/CCCCCCCC1. The first kappa shape index (κ1) is 28.0. The highest BCUT2D eigenvalue weighted by atomic mass is 16.4. The van der Waals surface area contributed by atoms with Gasteiger partial charge in [-0.2, -0.15) is 0 Å². The molecule has 0 bridgehead atoms. The second-order valence-corrected chi connectivity index (χ2v) is 11.2. The fourth-order valence-electron chi connectivity index (χ4n) is 6.24. The minimum absolute atomic E-state index is 0.553. The number of hydrogen-bond acceptors (Lipinski definition) is 2. The van der Waals surface area contributed by atoms with Crippen molar-refractivity contribution in [2.45, 2.75) is 154 Å². The Bertz CT molecular complexity index is 728. The molecule has 0 aliphatic heterocycles. The fourth-order valence-corrected chi connectivity index (χ4v) is 6.24. The van der Waals surface area contributed by atoms with Crippen LogP contribution in [-0.2, 0) is 4.79 Å². The van der Waals surface area contributed by atoms with Crippen molar-refractivity contribution in [3.63, 3.8) is 0 Å². The first-order chi connectivity index (χ1) is 17.3. The molecule has 35 heavy (non-hydrogen) atoms. The molecule has 2 nitrogen and oxygen atoms in total. The second kappa shape index (κ2) is 17.0. The van der Waals surface area contributed by atoms with Crippen LogP contribution in [-0.4, -0.2) is 5.97 Å². The summed E-state index contributed by atoms with van der Waals surface area (Å²) in [6.45, 7) is 0. The van der Waals surface area contributed by atoms with Gasteiger partial charge < -0.3 is 9.90 Å². The van der Waals surface area contributed by atoms with E-state index in [2.05, 4.69) is 18.2 Å². The van der Waals surface area contributed by atoms with Gasteiger partial charge in [-0.05, 0) is 99.3 Å². The fraction of sp³-hybridized carbons (Fsp3) is 0.727. The second-order valence-electron chi connectivity index (χ2n) is 11.2. The highest BCUT2D eigenvalue weighted by Crippen LogP contribution is 2.37.